The Kier molecular flexibility index (Phi) is 11.6. The Morgan fingerprint density at radius 2 is 1.84 bits per heavy atom. The van der Waals surface area contributed by atoms with Gasteiger partial charge in [-0.2, -0.15) is 17.4 Å². The van der Waals surface area contributed by atoms with E-state index in [0.717, 1.165) is 43.0 Å². The van der Waals surface area contributed by atoms with Gasteiger partial charge in [-0.15, -0.1) is 0 Å². The largest absolute Gasteiger partial charge is 0.451 e. The van der Waals surface area contributed by atoms with Crippen LogP contribution in [0.4, 0.5) is 19.0 Å². The molecule has 0 radical (unpaired) electrons. The Bertz CT molecular complexity index is 1590. The maximum atomic E-state index is 14.3. The molecule has 2 N–H and O–H groups in total. The first kappa shape index (κ1) is 38.1. The summed E-state index contributed by atoms with van der Waals surface area (Å²) < 4.78 is 81.8. The van der Waals surface area contributed by atoms with E-state index in [1.54, 1.807) is 27.7 Å². The second-order valence-electron chi connectivity index (χ2n) is 14.3. The molecule has 17 heteroatoms. The van der Waals surface area contributed by atoms with Crippen LogP contribution in [0.5, 0.6) is 11.5 Å². The van der Waals surface area contributed by atoms with Crippen molar-refractivity contribution < 1.29 is 41.0 Å². The number of aliphatic hydroxyl groups is 1. The number of anilines is 1. The number of alkyl halides is 2. The number of nitrogens with one attached hydrogen (secondary N) is 1. The van der Waals surface area contributed by atoms with Crippen molar-refractivity contribution in [3.8, 4) is 11.5 Å². The van der Waals surface area contributed by atoms with E-state index in [0.29, 0.717) is 38.3 Å². The summed E-state index contributed by atoms with van der Waals surface area (Å²) in [6.07, 6.45) is 2.59. The minimum absolute atomic E-state index is 0.00500. The number of piperidine rings is 1. The summed E-state index contributed by atoms with van der Waals surface area (Å²) in [5.41, 5.74) is -0.161. The third kappa shape index (κ3) is 8.85. The zero-order valence-corrected chi connectivity index (χ0v) is 30.0. The van der Waals surface area contributed by atoms with Crippen LogP contribution in [0.2, 0.25) is 0 Å². The van der Waals surface area contributed by atoms with E-state index < -0.39 is 52.8 Å². The van der Waals surface area contributed by atoms with Gasteiger partial charge in [0, 0.05) is 50.1 Å². The van der Waals surface area contributed by atoms with Crippen LogP contribution < -0.4 is 14.4 Å². The summed E-state index contributed by atoms with van der Waals surface area (Å²) in [7, 11) is -2.13. The van der Waals surface area contributed by atoms with E-state index in [1.165, 1.54) is 29.9 Å². The van der Waals surface area contributed by atoms with Gasteiger partial charge in [-0.05, 0) is 78.2 Å². The number of nitrogens with zero attached hydrogens (tertiary/aromatic N) is 6. The van der Waals surface area contributed by atoms with Gasteiger partial charge in [0.25, 0.3) is 22.5 Å². The molecule has 2 atom stereocenters. The minimum atomic E-state index is -3.65. The normalized spacial score (nSPS) is 22.8. The van der Waals surface area contributed by atoms with Crippen LogP contribution in [0, 0.1) is 11.2 Å². The van der Waals surface area contributed by atoms with E-state index in [1.807, 2.05) is 4.90 Å². The van der Waals surface area contributed by atoms with Crippen LogP contribution in [0.25, 0.3) is 0 Å². The number of aromatic nitrogens is 2. The SMILES string of the molecule is CC(C)N(CC(F)F)C(=O)c1cc(F)ccc1Oc1cncnc1N1CC2(CCN(C[C@@]3(O)CC[C@@H](NS(=O)(=O)N(C)C(C)C)CO3)CC2)C1. The average Bonchev–Trinajstić information content (AvgIpc) is 3.04. The molecule has 50 heavy (non-hydrogen) atoms. The lowest BCUT2D eigenvalue weighted by Gasteiger charge is -2.55. The van der Waals surface area contributed by atoms with Gasteiger partial charge in [0.05, 0.1) is 31.5 Å². The Morgan fingerprint density at radius 3 is 2.44 bits per heavy atom. The minimum Gasteiger partial charge on any atom is -0.451 e. The summed E-state index contributed by atoms with van der Waals surface area (Å²) in [6.45, 7) is 9.27. The molecule has 4 heterocycles. The highest BCUT2D eigenvalue weighted by molar-refractivity contribution is 7.87. The molecule has 0 saturated carbocycles. The molecule has 3 fully saturated rings. The molecule has 1 spiro atoms. The van der Waals surface area contributed by atoms with Gasteiger partial charge >= 0.3 is 0 Å². The number of halogens is 3. The topological polar surface area (TPSA) is 141 Å². The monoisotopic (exact) mass is 727 g/mol. The second-order valence-corrected chi connectivity index (χ2v) is 16.0. The number of carbonyl (C=O) groups excluding carboxylic acids is 1. The first-order valence-electron chi connectivity index (χ1n) is 17.0. The van der Waals surface area contributed by atoms with E-state index in [9.17, 15) is 31.5 Å². The van der Waals surface area contributed by atoms with Crippen molar-refractivity contribution in [3.05, 3.63) is 42.1 Å². The summed E-state index contributed by atoms with van der Waals surface area (Å²) in [5.74, 6) is -2.08. The van der Waals surface area contributed by atoms with E-state index >= 15 is 0 Å². The van der Waals surface area contributed by atoms with Gasteiger partial charge in [0.1, 0.15) is 17.9 Å². The van der Waals surface area contributed by atoms with Crippen molar-refractivity contribution in [2.45, 2.75) is 83.7 Å². The highest BCUT2D eigenvalue weighted by Crippen LogP contribution is 2.45. The number of hydrogen-bond acceptors (Lipinski definition) is 10. The van der Waals surface area contributed by atoms with Gasteiger partial charge in [-0.1, -0.05) is 0 Å². The quantitative estimate of drug-likeness (QED) is 0.315. The number of amides is 1. The molecule has 3 aliphatic rings. The molecule has 278 valence electrons. The van der Waals surface area contributed by atoms with Crippen molar-refractivity contribution >= 4 is 21.9 Å². The van der Waals surface area contributed by atoms with Gasteiger partial charge in [-0.3, -0.25) is 9.69 Å². The maximum absolute atomic E-state index is 14.3. The lowest BCUT2D eigenvalue weighted by atomic mass is 9.72. The van der Waals surface area contributed by atoms with Gasteiger partial charge in [0.2, 0.25) is 0 Å². The molecule has 0 bridgehead atoms. The molecule has 0 aliphatic carbocycles. The zero-order chi connectivity index (χ0) is 36.4. The fourth-order valence-electron chi connectivity index (χ4n) is 6.69. The van der Waals surface area contributed by atoms with Crippen molar-refractivity contribution in [1.29, 1.82) is 0 Å². The van der Waals surface area contributed by atoms with E-state index in [4.69, 9.17) is 9.47 Å². The van der Waals surface area contributed by atoms with Crippen molar-refractivity contribution in [1.82, 2.24) is 28.8 Å². The van der Waals surface area contributed by atoms with E-state index in [-0.39, 0.29) is 35.1 Å². The Balaban J connectivity index is 1.16. The molecule has 1 aromatic carbocycles. The predicted molar refractivity (Wildman–Crippen MR) is 180 cm³/mol. The maximum Gasteiger partial charge on any atom is 0.279 e. The number of benzene rings is 1. The van der Waals surface area contributed by atoms with Crippen molar-refractivity contribution in [3.63, 3.8) is 0 Å². The second kappa shape index (κ2) is 15.3. The van der Waals surface area contributed by atoms with Crippen LogP contribution >= 0.6 is 0 Å². The first-order valence-corrected chi connectivity index (χ1v) is 18.4. The molecule has 1 amide bonds. The molecule has 3 saturated heterocycles. The number of rotatable bonds is 13. The van der Waals surface area contributed by atoms with Gasteiger partial charge in [0.15, 0.2) is 17.4 Å². The molecule has 3 aliphatic heterocycles. The van der Waals surface area contributed by atoms with Crippen molar-refractivity contribution in [2.24, 2.45) is 5.41 Å². The highest BCUT2D eigenvalue weighted by atomic mass is 32.2. The van der Waals surface area contributed by atoms with Crippen LogP contribution in [0.3, 0.4) is 0 Å². The molecular formula is C33H48F3N7O6S. The highest BCUT2D eigenvalue weighted by Gasteiger charge is 2.47. The molecule has 2 aromatic rings. The fourth-order valence-corrected chi connectivity index (χ4v) is 8.02. The summed E-state index contributed by atoms with van der Waals surface area (Å²) in [6, 6.07) is 2.25. The molecule has 1 aromatic heterocycles. The molecule has 5 rings (SSSR count). The number of likely N-dealkylation sites (tertiary alicyclic amines) is 1. The fraction of sp³-hybridized carbons (Fsp3) is 0.667. The Morgan fingerprint density at radius 1 is 1.14 bits per heavy atom. The third-order valence-electron chi connectivity index (χ3n) is 9.87. The van der Waals surface area contributed by atoms with Crippen LogP contribution in [-0.4, -0.2) is 127 Å². The van der Waals surface area contributed by atoms with Crippen LogP contribution in [0.15, 0.2) is 30.7 Å². The van der Waals surface area contributed by atoms with Gasteiger partial charge in [-0.25, -0.2) is 23.1 Å². The van der Waals surface area contributed by atoms with E-state index in [2.05, 4.69) is 19.6 Å². The van der Waals surface area contributed by atoms with Crippen LogP contribution in [-0.2, 0) is 14.9 Å². The predicted octanol–water partition coefficient (Wildman–Crippen LogP) is 3.47. The number of carbonyl (C=O) groups is 1. The summed E-state index contributed by atoms with van der Waals surface area (Å²) >= 11 is 0. The molecule has 0 unspecified atom stereocenters. The smallest absolute Gasteiger partial charge is 0.279 e. The molecular weight excluding hydrogens is 679 g/mol. The number of β-amino-alcohol motifs (C(OH)–C–C–N with tert-alkyl or cyclic N) is 1. The van der Waals surface area contributed by atoms with Gasteiger partial charge < -0.3 is 24.4 Å². The summed E-state index contributed by atoms with van der Waals surface area (Å²) in [4.78, 5) is 27.0. The standard InChI is InChI=1S/C33H48F3N7O6S/c1-22(2)40(5)50(46,47)39-25-8-9-33(45,48-17-25)20-41-12-10-32(11-13-41)18-42(19-32)30-28(15-37-21-38-30)49-27-7-6-24(34)14-26(27)31(44)43(23(3)4)16-29(35)36/h6-7,14-15,21-23,25,29,39,45H,8-13,16-20H2,1-5H3/t25-,33-/m1/s1. The Labute approximate surface area is 291 Å². The van der Waals surface area contributed by atoms with Crippen LogP contribution in [0.1, 0.15) is 63.7 Å². The van der Waals surface area contributed by atoms with Crippen molar-refractivity contribution in [2.75, 3.05) is 57.8 Å². The Hall–Kier alpha value is -3.09. The average molecular weight is 728 g/mol. The first-order chi connectivity index (χ1) is 23.5. The third-order valence-corrected chi connectivity index (χ3v) is 11.7. The lowest BCUT2D eigenvalue weighted by molar-refractivity contribution is -0.239. The number of ether oxygens (including phenoxy) is 2. The number of hydrogen-bond donors (Lipinski definition) is 2. The lowest BCUT2D eigenvalue weighted by Crippen LogP contribution is -2.62. The summed E-state index contributed by atoms with van der Waals surface area (Å²) in [5, 5.41) is 11.2. The zero-order valence-electron chi connectivity index (χ0n) is 29.2. The molecule has 13 nitrogen and oxygen atoms in total.